The summed E-state index contributed by atoms with van der Waals surface area (Å²) in [6.45, 7) is 2.36. The van der Waals surface area contributed by atoms with E-state index >= 15 is 0 Å². The molecule has 2 heterocycles. The molecule has 196 valence electrons. The minimum absolute atomic E-state index is 0.138. The highest BCUT2D eigenvalue weighted by atomic mass is 35.5. The number of likely N-dealkylation sites (tertiary alicyclic amines) is 1. The molecule has 3 aromatic rings. The predicted octanol–water partition coefficient (Wildman–Crippen LogP) is 4.97. The first kappa shape index (κ1) is 26.9. The van der Waals surface area contributed by atoms with Crippen LogP contribution in [0.5, 0.6) is 5.75 Å². The van der Waals surface area contributed by atoms with E-state index in [1.165, 1.54) is 11.3 Å². The van der Waals surface area contributed by atoms with Gasteiger partial charge in [0.25, 0.3) is 0 Å². The molecule has 1 aromatic heterocycles. The van der Waals surface area contributed by atoms with Gasteiger partial charge < -0.3 is 25.4 Å². The highest BCUT2D eigenvalue weighted by molar-refractivity contribution is 7.14. The Hall–Kier alpha value is -3.18. The van der Waals surface area contributed by atoms with Crippen LogP contribution in [-0.2, 0) is 16.1 Å². The van der Waals surface area contributed by atoms with Crippen LogP contribution >= 0.6 is 22.9 Å². The number of benzene rings is 2. The number of nitrogens with one attached hydrogen (secondary N) is 2. The number of nitrogens with zero attached hydrogens (tertiary/aromatic N) is 2. The van der Waals surface area contributed by atoms with E-state index in [1.807, 2.05) is 30.3 Å². The van der Waals surface area contributed by atoms with Crippen LogP contribution in [0.2, 0.25) is 5.02 Å². The van der Waals surface area contributed by atoms with Crippen molar-refractivity contribution in [3.63, 3.8) is 0 Å². The molecule has 2 aromatic carbocycles. The third-order valence-electron chi connectivity index (χ3n) is 6.16. The van der Waals surface area contributed by atoms with Gasteiger partial charge in [-0.05, 0) is 18.9 Å². The second kappa shape index (κ2) is 12.9. The second-order valence-corrected chi connectivity index (χ2v) is 9.88. The van der Waals surface area contributed by atoms with Gasteiger partial charge in [-0.2, -0.15) is 0 Å². The molecular formula is C26H30ClN5O4S. The Morgan fingerprint density at radius 3 is 2.65 bits per heavy atom. The number of amides is 2. The van der Waals surface area contributed by atoms with Gasteiger partial charge in [0, 0.05) is 49.8 Å². The number of thiazole rings is 1. The van der Waals surface area contributed by atoms with Gasteiger partial charge in [0.2, 0.25) is 5.91 Å². The molecule has 0 unspecified atom stereocenters. The first-order valence-corrected chi connectivity index (χ1v) is 13.3. The van der Waals surface area contributed by atoms with E-state index < -0.39 is 6.09 Å². The van der Waals surface area contributed by atoms with Crippen LogP contribution in [0.4, 0.5) is 15.5 Å². The first-order valence-electron chi connectivity index (χ1n) is 12.0. The molecule has 1 aliphatic heterocycles. The van der Waals surface area contributed by atoms with Crippen molar-refractivity contribution in [3.05, 3.63) is 58.6 Å². The summed E-state index contributed by atoms with van der Waals surface area (Å²) >= 11 is 7.65. The Morgan fingerprint density at radius 1 is 1.19 bits per heavy atom. The zero-order chi connectivity index (χ0) is 26.2. The minimum Gasteiger partial charge on any atom is -0.496 e. The van der Waals surface area contributed by atoms with Crippen LogP contribution in [0.3, 0.4) is 0 Å². The van der Waals surface area contributed by atoms with Gasteiger partial charge in [-0.25, -0.2) is 9.78 Å². The summed E-state index contributed by atoms with van der Waals surface area (Å²) in [5.74, 6) is 0.445. The molecule has 1 aliphatic rings. The zero-order valence-electron chi connectivity index (χ0n) is 20.5. The van der Waals surface area contributed by atoms with Crippen molar-refractivity contribution < 1.29 is 19.1 Å². The minimum atomic E-state index is -0.479. The van der Waals surface area contributed by atoms with E-state index in [-0.39, 0.29) is 12.0 Å². The van der Waals surface area contributed by atoms with Gasteiger partial charge >= 0.3 is 6.09 Å². The monoisotopic (exact) mass is 543 g/mol. The quantitative estimate of drug-likeness (QED) is 0.348. The average molecular weight is 544 g/mol. The van der Waals surface area contributed by atoms with Crippen LogP contribution in [0.25, 0.3) is 11.3 Å². The van der Waals surface area contributed by atoms with Crippen molar-refractivity contribution in [3.8, 4) is 17.0 Å². The lowest BCUT2D eigenvalue weighted by Crippen LogP contribution is -2.39. The molecule has 1 saturated heterocycles. The Morgan fingerprint density at radius 2 is 1.95 bits per heavy atom. The molecule has 1 fully saturated rings. The lowest BCUT2D eigenvalue weighted by atomic mass is 10.1. The van der Waals surface area contributed by atoms with E-state index in [1.54, 1.807) is 24.8 Å². The predicted molar refractivity (Wildman–Crippen MR) is 146 cm³/mol. The fourth-order valence-corrected chi connectivity index (χ4v) is 5.09. The van der Waals surface area contributed by atoms with Crippen molar-refractivity contribution in [2.24, 2.45) is 5.73 Å². The summed E-state index contributed by atoms with van der Waals surface area (Å²) in [6.07, 6.45) is 1.06. The second-order valence-electron chi connectivity index (χ2n) is 8.61. The number of hydrogen-bond donors (Lipinski definition) is 3. The van der Waals surface area contributed by atoms with Crippen LogP contribution < -0.4 is 21.1 Å². The molecule has 0 spiro atoms. The SMILES string of the molecule is COc1cc(NC(=O)CCN2CCC(OC(=O)Nc3scnc3-c3ccccc3)CC2)c(Cl)cc1CN. The normalized spacial score (nSPS) is 14.2. The zero-order valence-corrected chi connectivity index (χ0v) is 22.1. The number of anilines is 2. The molecule has 0 radical (unpaired) electrons. The smallest absolute Gasteiger partial charge is 0.412 e. The maximum absolute atomic E-state index is 12.5. The molecule has 0 atom stereocenters. The summed E-state index contributed by atoms with van der Waals surface area (Å²) in [5, 5.41) is 6.76. The largest absolute Gasteiger partial charge is 0.496 e. The Kier molecular flexibility index (Phi) is 9.34. The molecule has 4 N–H and O–H groups in total. The average Bonchev–Trinajstić information content (AvgIpc) is 3.37. The highest BCUT2D eigenvalue weighted by Gasteiger charge is 2.23. The highest BCUT2D eigenvalue weighted by Crippen LogP contribution is 2.32. The van der Waals surface area contributed by atoms with E-state index in [2.05, 4.69) is 20.5 Å². The van der Waals surface area contributed by atoms with E-state index in [0.717, 1.165) is 29.9 Å². The summed E-state index contributed by atoms with van der Waals surface area (Å²) in [7, 11) is 1.55. The van der Waals surface area contributed by atoms with E-state index in [9.17, 15) is 9.59 Å². The number of ether oxygens (including phenoxy) is 2. The van der Waals surface area contributed by atoms with Gasteiger partial charge in [-0.15, -0.1) is 11.3 Å². The number of piperidine rings is 1. The third kappa shape index (κ3) is 7.20. The summed E-state index contributed by atoms with van der Waals surface area (Å²) in [5.41, 5.74) is 10.3. The number of methoxy groups -OCH3 is 1. The van der Waals surface area contributed by atoms with Crippen LogP contribution in [0.1, 0.15) is 24.8 Å². The summed E-state index contributed by atoms with van der Waals surface area (Å²) < 4.78 is 11.0. The topological polar surface area (TPSA) is 119 Å². The molecule has 0 bridgehead atoms. The lowest BCUT2D eigenvalue weighted by Gasteiger charge is -2.31. The Balaban J connectivity index is 1.20. The van der Waals surface area contributed by atoms with Gasteiger partial charge in [0.1, 0.15) is 22.5 Å². The molecule has 2 amide bonds. The third-order valence-corrected chi connectivity index (χ3v) is 7.21. The van der Waals surface area contributed by atoms with Crippen LogP contribution in [0, 0.1) is 0 Å². The molecule has 9 nitrogen and oxygen atoms in total. The maximum atomic E-state index is 12.5. The number of hydrogen-bond acceptors (Lipinski definition) is 8. The van der Waals surface area contributed by atoms with Crippen molar-refractivity contribution >= 4 is 45.6 Å². The molecule has 11 heteroatoms. The number of halogens is 1. The van der Waals surface area contributed by atoms with E-state index in [0.29, 0.717) is 53.8 Å². The molecule has 0 saturated carbocycles. The summed E-state index contributed by atoms with van der Waals surface area (Å²) in [6, 6.07) is 13.1. The molecule has 4 rings (SSSR count). The van der Waals surface area contributed by atoms with Crippen LogP contribution in [0.15, 0.2) is 48.0 Å². The number of rotatable bonds is 9. The fraction of sp³-hybridized carbons (Fsp3) is 0.346. The summed E-state index contributed by atoms with van der Waals surface area (Å²) in [4.78, 5) is 31.6. The number of carbonyl (C=O) groups excluding carboxylic acids is 2. The molecule has 37 heavy (non-hydrogen) atoms. The number of carbonyl (C=O) groups is 2. The first-order chi connectivity index (χ1) is 18.0. The van der Waals surface area contributed by atoms with Gasteiger partial charge in [0.05, 0.1) is 23.3 Å². The van der Waals surface area contributed by atoms with Gasteiger partial charge in [-0.1, -0.05) is 41.9 Å². The van der Waals surface area contributed by atoms with Crippen molar-refractivity contribution in [1.29, 1.82) is 0 Å². The Labute approximate surface area is 224 Å². The number of aromatic nitrogens is 1. The van der Waals surface area contributed by atoms with E-state index in [4.69, 9.17) is 26.8 Å². The molecular weight excluding hydrogens is 514 g/mol. The van der Waals surface area contributed by atoms with Crippen LogP contribution in [-0.4, -0.2) is 54.7 Å². The maximum Gasteiger partial charge on any atom is 0.412 e. The fourth-order valence-electron chi connectivity index (χ4n) is 4.17. The van der Waals surface area contributed by atoms with Crippen molar-refractivity contribution in [1.82, 2.24) is 9.88 Å². The molecule has 0 aliphatic carbocycles. The standard InChI is InChI=1S/C26H30ClN5O4S/c1-35-22-14-21(20(27)13-18(22)15-28)30-23(33)9-12-32-10-7-19(8-11-32)36-26(34)31-25-24(29-16-37-25)17-5-3-2-4-6-17/h2-6,13-14,16,19H,7-12,15,28H2,1H3,(H,30,33)(H,31,34). The van der Waals surface area contributed by atoms with Gasteiger partial charge in [0.15, 0.2) is 0 Å². The van der Waals surface area contributed by atoms with Gasteiger partial charge in [-0.3, -0.25) is 10.1 Å². The Bertz CT molecular complexity index is 1210. The van der Waals surface area contributed by atoms with Crippen molar-refractivity contribution in [2.75, 3.05) is 37.4 Å². The van der Waals surface area contributed by atoms with Crippen molar-refractivity contribution in [2.45, 2.75) is 31.9 Å². The lowest BCUT2D eigenvalue weighted by molar-refractivity contribution is -0.116. The number of nitrogens with two attached hydrogens (primary N) is 1.